The topological polar surface area (TPSA) is 20.2 Å². The molecule has 1 heterocycles. The zero-order chi connectivity index (χ0) is 10.0. The minimum Gasteiger partial charge on any atom is -0.387 e. The van der Waals surface area contributed by atoms with Crippen LogP contribution in [0.1, 0.15) is 37.3 Å². The van der Waals surface area contributed by atoms with Gasteiger partial charge in [0.05, 0.1) is 6.10 Å². The van der Waals surface area contributed by atoms with E-state index >= 15 is 0 Å². The summed E-state index contributed by atoms with van der Waals surface area (Å²) < 4.78 is 0. The van der Waals surface area contributed by atoms with Gasteiger partial charge in [0, 0.05) is 4.88 Å². The first-order chi connectivity index (χ1) is 6.04. The van der Waals surface area contributed by atoms with Gasteiger partial charge in [-0.25, -0.2) is 0 Å². The standard InChI is InChI=1S/C11H18OS/c1-7(2)9(4)10(12)11-8(3)5-6-13-11/h5-7,9-10,12H,1-4H3. The summed E-state index contributed by atoms with van der Waals surface area (Å²) in [5.74, 6) is 0.855. The van der Waals surface area contributed by atoms with Crippen molar-refractivity contribution in [2.75, 3.05) is 0 Å². The molecule has 1 rings (SSSR count). The molecule has 0 saturated carbocycles. The van der Waals surface area contributed by atoms with E-state index in [1.807, 2.05) is 5.38 Å². The summed E-state index contributed by atoms with van der Waals surface area (Å²) in [5.41, 5.74) is 1.21. The molecule has 0 spiro atoms. The Kier molecular flexibility index (Phi) is 3.51. The Morgan fingerprint density at radius 2 is 1.92 bits per heavy atom. The van der Waals surface area contributed by atoms with Crippen molar-refractivity contribution in [3.8, 4) is 0 Å². The third kappa shape index (κ3) is 2.32. The molecule has 1 aromatic rings. The molecule has 2 unspecified atom stereocenters. The van der Waals surface area contributed by atoms with Crippen molar-refractivity contribution < 1.29 is 5.11 Å². The van der Waals surface area contributed by atoms with Gasteiger partial charge in [0.25, 0.3) is 0 Å². The van der Waals surface area contributed by atoms with E-state index in [2.05, 4.69) is 33.8 Å². The fraction of sp³-hybridized carbons (Fsp3) is 0.636. The smallest absolute Gasteiger partial charge is 0.0912 e. The van der Waals surface area contributed by atoms with Crippen molar-refractivity contribution in [3.63, 3.8) is 0 Å². The molecule has 1 N–H and O–H groups in total. The van der Waals surface area contributed by atoms with Crippen LogP contribution in [-0.2, 0) is 0 Å². The molecule has 0 aliphatic rings. The third-order valence-corrected chi connectivity index (χ3v) is 3.81. The van der Waals surface area contributed by atoms with Gasteiger partial charge in [0.2, 0.25) is 0 Å². The quantitative estimate of drug-likeness (QED) is 0.789. The second-order valence-electron chi connectivity index (χ2n) is 4.02. The Hall–Kier alpha value is -0.340. The van der Waals surface area contributed by atoms with E-state index < -0.39 is 0 Å². The van der Waals surface area contributed by atoms with E-state index in [0.717, 1.165) is 4.88 Å². The van der Waals surface area contributed by atoms with Gasteiger partial charge in [-0.3, -0.25) is 0 Å². The van der Waals surface area contributed by atoms with Crippen LogP contribution in [0, 0.1) is 18.8 Å². The van der Waals surface area contributed by atoms with Crippen LogP contribution in [0.15, 0.2) is 11.4 Å². The minimum absolute atomic E-state index is 0.292. The SMILES string of the molecule is Cc1ccsc1C(O)C(C)C(C)C. The van der Waals surface area contributed by atoms with Crippen LogP contribution in [0.5, 0.6) is 0 Å². The van der Waals surface area contributed by atoms with E-state index in [1.54, 1.807) is 11.3 Å². The molecule has 0 saturated heterocycles. The van der Waals surface area contributed by atoms with Gasteiger partial charge in [-0.1, -0.05) is 20.8 Å². The second-order valence-corrected chi connectivity index (χ2v) is 4.96. The molecule has 74 valence electrons. The maximum Gasteiger partial charge on any atom is 0.0912 e. The van der Waals surface area contributed by atoms with Crippen LogP contribution in [0.3, 0.4) is 0 Å². The van der Waals surface area contributed by atoms with Gasteiger partial charge in [0.1, 0.15) is 0 Å². The van der Waals surface area contributed by atoms with E-state index in [9.17, 15) is 5.11 Å². The first-order valence-electron chi connectivity index (χ1n) is 4.76. The van der Waals surface area contributed by atoms with Crippen molar-refractivity contribution in [2.24, 2.45) is 11.8 Å². The Morgan fingerprint density at radius 1 is 1.31 bits per heavy atom. The molecule has 0 aliphatic carbocycles. The third-order valence-electron chi connectivity index (χ3n) is 2.72. The lowest BCUT2D eigenvalue weighted by atomic mass is 9.90. The molecule has 1 aromatic heterocycles. The van der Waals surface area contributed by atoms with Crippen LogP contribution in [0.4, 0.5) is 0 Å². The second kappa shape index (κ2) is 4.25. The molecule has 0 aliphatic heterocycles. The Balaban J connectivity index is 2.79. The molecule has 0 fully saturated rings. The normalized spacial score (nSPS) is 16.2. The predicted octanol–water partition coefficient (Wildman–Crippen LogP) is 3.38. The highest BCUT2D eigenvalue weighted by Crippen LogP contribution is 2.32. The Labute approximate surface area is 84.4 Å². The van der Waals surface area contributed by atoms with Gasteiger partial charge in [-0.2, -0.15) is 0 Å². The molecule has 1 nitrogen and oxygen atoms in total. The van der Waals surface area contributed by atoms with Crippen LogP contribution < -0.4 is 0 Å². The Morgan fingerprint density at radius 3 is 2.31 bits per heavy atom. The van der Waals surface area contributed by atoms with Crippen molar-refractivity contribution in [3.05, 3.63) is 21.9 Å². The summed E-state index contributed by atoms with van der Waals surface area (Å²) in [7, 11) is 0. The largest absolute Gasteiger partial charge is 0.387 e. The molecule has 0 radical (unpaired) electrons. The lowest BCUT2D eigenvalue weighted by Crippen LogP contribution is -2.14. The van der Waals surface area contributed by atoms with Gasteiger partial charge in [-0.05, 0) is 35.8 Å². The lowest BCUT2D eigenvalue weighted by molar-refractivity contribution is 0.0948. The molecule has 0 bridgehead atoms. The average molecular weight is 198 g/mol. The lowest BCUT2D eigenvalue weighted by Gasteiger charge is -2.21. The molecule has 13 heavy (non-hydrogen) atoms. The van der Waals surface area contributed by atoms with Crippen molar-refractivity contribution in [2.45, 2.75) is 33.8 Å². The first-order valence-corrected chi connectivity index (χ1v) is 5.64. The number of thiophene rings is 1. The van der Waals surface area contributed by atoms with Crippen molar-refractivity contribution in [1.29, 1.82) is 0 Å². The van der Waals surface area contributed by atoms with Gasteiger partial charge in [-0.15, -0.1) is 11.3 Å². The zero-order valence-electron chi connectivity index (χ0n) is 8.74. The fourth-order valence-electron chi connectivity index (χ4n) is 1.29. The first kappa shape index (κ1) is 10.7. The number of hydrogen-bond donors (Lipinski definition) is 1. The average Bonchev–Trinajstić information content (AvgIpc) is 2.48. The molecular formula is C11H18OS. The summed E-state index contributed by atoms with van der Waals surface area (Å²) >= 11 is 1.65. The molecule has 2 heteroatoms. The highest BCUT2D eigenvalue weighted by atomic mass is 32.1. The summed E-state index contributed by atoms with van der Waals surface area (Å²) in [4.78, 5) is 1.13. The zero-order valence-corrected chi connectivity index (χ0v) is 9.56. The number of aliphatic hydroxyl groups excluding tert-OH is 1. The predicted molar refractivity (Wildman–Crippen MR) is 58.0 cm³/mol. The summed E-state index contributed by atoms with van der Waals surface area (Å²) in [6.07, 6.45) is -0.292. The Bertz CT molecular complexity index is 265. The van der Waals surface area contributed by atoms with Crippen LogP contribution in [0.25, 0.3) is 0 Å². The number of rotatable bonds is 3. The number of aryl methyl sites for hydroxylation is 1. The number of hydrogen-bond acceptors (Lipinski definition) is 2. The molecular weight excluding hydrogens is 180 g/mol. The van der Waals surface area contributed by atoms with Gasteiger partial charge >= 0.3 is 0 Å². The summed E-state index contributed by atoms with van der Waals surface area (Å²) in [6, 6.07) is 2.07. The summed E-state index contributed by atoms with van der Waals surface area (Å²) in [6.45, 7) is 8.46. The summed E-state index contributed by atoms with van der Waals surface area (Å²) in [5, 5.41) is 12.1. The monoisotopic (exact) mass is 198 g/mol. The van der Waals surface area contributed by atoms with E-state index in [4.69, 9.17) is 0 Å². The fourth-order valence-corrected chi connectivity index (χ4v) is 2.32. The maximum absolute atomic E-state index is 10.0. The van der Waals surface area contributed by atoms with Crippen LogP contribution in [-0.4, -0.2) is 5.11 Å². The maximum atomic E-state index is 10.0. The van der Waals surface area contributed by atoms with E-state index in [1.165, 1.54) is 5.56 Å². The van der Waals surface area contributed by atoms with E-state index in [-0.39, 0.29) is 6.10 Å². The van der Waals surface area contributed by atoms with Crippen molar-refractivity contribution in [1.82, 2.24) is 0 Å². The molecule has 0 aromatic carbocycles. The van der Waals surface area contributed by atoms with Crippen LogP contribution in [0.2, 0.25) is 0 Å². The highest BCUT2D eigenvalue weighted by Gasteiger charge is 2.21. The van der Waals surface area contributed by atoms with Gasteiger partial charge < -0.3 is 5.11 Å². The van der Waals surface area contributed by atoms with E-state index in [0.29, 0.717) is 11.8 Å². The molecule has 2 atom stereocenters. The van der Waals surface area contributed by atoms with Gasteiger partial charge in [0.15, 0.2) is 0 Å². The molecule has 0 amide bonds. The van der Waals surface area contributed by atoms with Crippen molar-refractivity contribution >= 4 is 11.3 Å². The minimum atomic E-state index is -0.292. The number of aliphatic hydroxyl groups is 1. The van der Waals surface area contributed by atoms with Crippen LogP contribution >= 0.6 is 11.3 Å². The highest BCUT2D eigenvalue weighted by molar-refractivity contribution is 7.10.